The summed E-state index contributed by atoms with van der Waals surface area (Å²) >= 11 is 0. The average molecular weight is 477 g/mol. The molecule has 1 atom stereocenters. The number of aliphatic hydroxyl groups excluding tert-OH is 1. The van der Waals surface area contributed by atoms with Gasteiger partial charge < -0.3 is 39.4 Å². The maximum atomic E-state index is 12.5. The van der Waals surface area contributed by atoms with Crippen molar-refractivity contribution in [1.29, 1.82) is 0 Å². The molecule has 0 aromatic heterocycles. The summed E-state index contributed by atoms with van der Waals surface area (Å²) in [6.07, 6.45) is -0.984. The van der Waals surface area contributed by atoms with Gasteiger partial charge in [-0.05, 0) is 44.2 Å². The Labute approximate surface area is 199 Å². The van der Waals surface area contributed by atoms with Crippen LogP contribution < -0.4 is 34.3 Å². The molecule has 2 aromatic carbocycles. The summed E-state index contributed by atoms with van der Waals surface area (Å²) < 4.78 is 26.9. The van der Waals surface area contributed by atoms with Gasteiger partial charge in [0.1, 0.15) is 12.7 Å². The molecule has 2 aromatic rings. The maximum Gasteiger partial charge on any atom is 0.258 e. The maximum absolute atomic E-state index is 12.5. The number of para-hydroxylation sites is 1. The second kappa shape index (κ2) is 13.1. The molecule has 10 nitrogen and oxygen atoms in total. The third-order valence-electron chi connectivity index (χ3n) is 4.54. The Kier molecular flexibility index (Phi) is 10.3. The van der Waals surface area contributed by atoms with E-state index in [0.29, 0.717) is 34.3 Å². The van der Waals surface area contributed by atoms with E-state index in [4.69, 9.17) is 23.7 Å². The zero-order valence-corrected chi connectivity index (χ0v) is 20.0. The quantitative estimate of drug-likeness (QED) is 0.400. The van der Waals surface area contributed by atoms with E-state index >= 15 is 0 Å². The Morgan fingerprint density at radius 3 is 2.15 bits per heavy atom. The summed E-state index contributed by atoms with van der Waals surface area (Å²) in [6, 6.07) is 9.76. The van der Waals surface area contributed by atoms with Crippen molar-refractivity contribution in [3.8, 4) is 28.7 Å². The van der Waals surface area contributed by atoms with Crippen molar-refractivity contribution in [1.82, 2.24) is 10.6 Å². The highest BCUT2D eigenvalue weighted by Crippen LogP contribution is 2.36. The smallest absolute Gasteiger partial charge is 0.258 e. The summed E-state index contributed by atoms with van der Waals surface area (Å²) in [5.41, 5.74) is 0.301. The third kappa shape index (κ3) is 7.73. The van der Waals surface area contributed by atoms with Crippen LogP contribution in [0.25, 0.3) is 0 Å². The Morgan fingerprint density at radius 2 is 1.56 bits per heavy atom. The number of amides is 2. The fourth-order valence-electron chi connectivity index (χ4n) is 2.95. The summed E-state index contributed by atoms with van der Waals surface area (Å²) in [6.45, 7) is 3.38. The van der Waals surface area contributed by atoms with Crippen molar-refractivity contribution in [2.75, 3.05) is 41.1 Å². The van der Waals surface area contributed by atoms with Crippen molar-refractivity contribution < 1.29 is 38.4 Å². The highest BCUT2D eigenvalue weighted by molar-refractivity contribution is 5.94. The van der Waals surface area contributed by atoms with Crippen molar-refractivity contribution in [3.63, 3.8) is 0 Å². The first-order chi connectivity index (χ1) is 16.3. The highest BCUT2D eigenvalue weighted by Gasteiger charge is 2.16. The number of aliphatic hydroxyl groups is 1. The molecule has 0 aliphatic rings. The van der Waals surface area contributed by atoms with Crippen LogP contribution in [0.2, 0.25) is 0 Å². The Morgan fingerprint density at radius 1 is 0.912 bits per heavy atom. The third-order valence-corrected chi connectivity index (χ3v) is 4.54. The van der Waals surface area contributed by atoms with Gasteiger partial charge >= 0.3 is 0 Å². The molecule has 2 rings (SSSR count). The van der Waals surface area contributed by atoms with Crippen LogP contribution in [-0.2, 0) is 4.79 Å². The van der Waals surface area contributed by atoms with E-state index in [0.717, 1.165) is 0 Å². The number of methoxy groups -OCH3 is 3. The Balaban J connectivity index is 1.91. The molecule has 186 valence electrons. The monoisotopic (exact) mass is 476 g/mol. The van der Waals surface area contributed by atoms with E-state index in [1.807, 2.05) is 13.8 Å². The number of carbonyl (C=O) groups excluding carboxylic acids is 2. The van der Waals surface area contributed by atoms with Gasteiger partial charge in [-0.2, -0.15) is 0 Å². The van der Waals surface area contributed by atoms with E-state index in [2.05, 4.69) is 10.6 Å². The number of benzene rings is 2. The van der Waals surface area contributed by atoms with E-state index in [9.17, 15) is 14.7 Å². The standard InChI is InChI=1S/C24H32N2O8/c1-15(2)26-22(28)14-33-18-10-9-16(11-21(18)32-5)24(29)25-12-17(27)13-34-23-19(30-3)7-6-8-20(23)31-4/h6-11,15,17,27H,12-14H2,1-5H3,(H,25,29)(H,26,28). The minimum Gasteiger partial charge on any atom is -0.493 e. The molecule has 0 fully saturated rings. The zero-order chi connectivity index (χ0) is 25.1. The van der Waals surface area contributed by atoms with E-state index in [1.165, 1.54) is 33.5 Å². The van der Waals surface area contributed by atoms with E-state index in [-0.39, 0.29) is 31.7 Å². The van der Waals surface area contributed by atoms with Crippen LogP contribution in [0.5, 0.6) is 28.7 Å². The molecule has 3 N–H and O–H groups in total. The minimum atomic E-state index is -0.984. The molecule has 2 amide bonds. The van der Waals surface area contributed by atoms with Crippen LogP contribution in [0.15, 0.2) is 36.4 Å². The van der Waals surface area contributed by atoms with Crippen molar-refractivity contribution in [2.24, 2.45) is 0 Å². The summed E-state index contributed by atoms with van der Waals surface area (Å²) in [5, 5.41) is 15.6. The lowest BCUT2D eigenvalue weighted by atomic mass is 10.2. The lowest BCUT2D eigenvalue weighted by molar-refractivity contribution is -0.123. The van der Waals surface area contributed by atoms with Crippen molar-refractivity contribution in [2.45, 2.75) is 26.0 Å². The molecule has 0 aliphatic carbocycles. The van der Waals surface area contributed by atoms with E-state index in [1.54, 1.807) is 24.3 Å². The van der Waals surface area contributed by atoms with Crippen molar-refractivity contribution >= 4 is 11.8 Å². The van der Waals surface area contributed by atoms with Gasteiger partial charge in [-0.25, -0.2) is 0 Å². The highest BCUT2D eigenvalue weighted by atomic mass is 16.5. The number of hydrogen-bond acceptors (Lipinski definition) is 8. The molecule has 0 saturated carbocycles. The van der Waals surface area contributed by atoms with Gasteiger partial charge in [-0.3, -0.25) is 9.59 Å². The summed E-state index contributed by atoms with van der Waals surface area (Å²) in [5.74, 6) is 1.24. The van der Waals surface area contributed by atoms with Crippen LogP contribution in [0.1, 0.15) is 24.2 Å². The van der Waals surface area contributed by atoms with Crippen LogP contribution in [0.4, 0.5) is 0 Å². The molecule has 1 unspecified atom stereocenters. The molecular formula is C24H32N2O8. The van der Waals surface area contributed by atoms with Crippen LogP contribution in [0.3, 0.4) is 0 Å². The molecular weight excluding hydrogens is 444 g/mol. The minimum absolute atomic E-state index is 0.00145. The Hall–Kier alpha value is -3.66. The number of nitrogens with one attached hydrogen (secondary N) is 2. The van der Waals surface area contributed by atoms with Crippen LogP contribution >= 0.6 is 0 Å². The normalized spacial score (nSPS) is 11.4. The first-order valence-electron chi connectivity index (χ1n) is 10.7. The number of ether oxygens (including phenoxy) is 5. The first kappa shape index (κ1) is 26.6. The Bertz CT molecular complexity index is 942. The molecule has 0 radical (unpaired) electrons. The first-order valence-corrected chi connectivity index (χ1v) is 10.7. The largest absolute Gasteiger partial charge is 0.493 e. The topological polar surface area (TPSA) is 125 Å². The molecule has 0 heterocycles. The van der Waals surface area contributed by atoms with Gasteiger partial charge in [0.25, 0.3) is 11.8 Å². The van der Waals surface area contributed by atoms with Gasteiger partial charge in [0.2, 0.25) is 5.75 Å². The van der Waals surface area contributed by atoms with Gasteiger partial charge in [-0.1, -0.05) is 6.07 Å². The molecule has 0 saturated heterocycles. The second-order valence-electron chi connectivity index (χ2n) is 7.54. The molecule has 0 bridgehead atoms. The number of carbonyl (C=O) groups is 2. The van der Waals surface area contributed by atoms with Crippen LogP contribution in [-0.4, -0.2) is 70.2 Å². The second-order valence-corrected chi connectivity index (χ2v) is 7.54. The fraction of sp³-hybridized carbons (Fsp3) is 0.417. The number of rotatable bonds is 13. The summed E-state index contributed by atoms with van der Waals surface area (Å²) in [7, 11) is 4.44. The summed E-state index contributed by atoms with van der Waals surface area (Å²) in [4.78, 5) is 24.3. The van der Waals surface area contributed by atoms with Crippen LogP contribution in [0, 0.1) is 0 Å². The number of hydrogen-bond donors (Lipinski definition) is 3. The predicted molar refractivity (Wildman–Crippen MR) is 125 cm³/mol. The van der Waals surface area contributed by atoms with Gasteiger partial charge in [-0.15, -0.1) is 0 Å². The average Bonchev–Trinajstić information content (AvgIpc) is 2.83. The molecule has 0 aliphatic heterocycles. The van der Waals surface area contributed by atoms with Gasteiger partial charge in [0.15, 0.2) is 29.6 Å². The SMILES string of the molecule is COc1cc(C(=O)NCC(O)COc2c(OC)cccc2OC)ccc1OCC(=O)NC(C)C. The van der Waals surface area contributed by atoms with E-state index < -0.39 is 12.0 Å². The fourth-order valence-corrected chi connectivity index (χ4v) is 2.95. The molecule has 34 heavy (non-hydrogen) atoms. The molecule has 10 heteroatoms. The molecule has 0 spiro atoms. The van der Waals surface area contributed by atoms with Crippen molar-refractivity contribution in [3.05, 3.63) is 42.0 Å². The van der Waals surface area contributed by atoms with Gasteiger partial charge in [0, 0.05) is 18.2 Å². The predicted octanol–water partition coefficient (Wildman–Crippen LogP) is 1.79. The zero-order valence-electron chi connectivity index (χ0n) is 20.0. The van der Waals surface area contributed by atoms with Gasteiger partial charge in [0.05, 0.1) is 21.3 Å². The lowest BCUT2D eigenvalue weighted by Crippen LogP contribution is -2.35. The lowest BCUT2D eigenvalue weighted by Gasteiger charge is -2.17.